The summed E-state index contributed by atoms with van der Waals surface area (Å²) in [4.78, 5) is 11.4. The lowest BCUT2D eigenvalue weighted by atomic mass is 10.0. The Morgan fingerprint density at radius 3 is 2.50 bits per heavy atom. The molecule has 1 amide bonds. The number of carbonyl (C=O) groups is 1. The predicted molar refractivity (Wildman–Crippen MR) is 107 cm³/mol. The van der Waals surface area contributed by atoms with E-state index in [-0.39, 0.29) is 17.8 Å². The van der Waals surface area contributed by atoms with E-state index in [1.165, 1.54) is 6.08 Å². The molecule has 0 spiro atoms. The summed E-state index contributed by atoms with van der Waals surface area (Å²) in [6.45, 7) is 0. The predicted octanol–water partition coefficient (Wildman–Crippen LogP) is 2.86. The molecule has 2 aromatic rings. The lowest BCUT2D eigenvalue weighted by Gasteiger charge is -2.15. The van der Waals surface area contributed by atoms with Crippen LogP contribution in [-0.2, 0) is 14.6 Å². The van der Waals surface area contributed by atoms with Crippen molar-refractivity contribution in [3.63, 3.8) is 0 Å². The molecule has 0 aromatic heterocycles. The maximum absolute atomic E-state index is 12.4. The fourth-order valence-corrected chi connectivity index (χ4v) is 4.80. The first kappa shape index (κ1) is 20.3. The third-order valence-corrected chi connectivity index (χ3v) is 6.72. The number of carbonyl (C=O) groups excluding carboxylic acids is 1. The maximum atomic E-state index is 12.4. The molecule has 3 rings (SSSR count). The molecule has 0 bridgehead atoms. The SMILES string of the molecule is O=C(/C=C/c1ccc(C2CCC(CCS(=O)(=O)c3ccccc3)N2)cc1)NO. The van der Waals surface area contributed by atoms with Gasteiger partial charge in [0.2, 0.25) is 0 Å². The van der Waals surface area contributed by atoms with Gasteiger partial charge in [0.1, 0.15) is 0 Å². The average molecular weight is 400 g/mol. The summed E-state index contributed by atoms with van der Waals surface area (Å²) in [5, 5.41) is 12.0. The van der Waals surface area contributed by atoms with Gasteiger partial charge in [-0.3, -0.25) is 10.0 Å². The molecule has 1 aliphatic rings. The standard InChI is InChI=1S/C21H24N2O4S/c24-21(23-25)13-8-16-6-9-17(10-7-16)20-12-11-18(22-20)14-15-28(26,27)19-4-2-1-3-5-19/h1-10,13,18,20,22,25H,11-12,14-15H2,(H,23,24)/b13-8+. The van der Waals surface area contributed by atoms with E-state index in [4.69, 9.17) is 5.21 Å². The van der Waals surface area contributed by atoms with Crippen molar-refractivity contribution in [2.24, 2.45) is 0 Å². The second kappa shape index (κ2) is 9.14. The van der Waals surface area contributed by atoms with Crippen LogP contribution in [0.1, 0.15) is 36.4 Å². The third-order valence-electron chi connectivity index (χ3n) is 4.95. The Morgan fingerprint density at radius 2 is 1.82 bits per heavy atom. The van der Waals surface area contributed by atoms with E-state index in [1.807, 2.05) is 30.3 Å². The average Bonchev–Trinajstić information content (AvgIpc) is 3.21. The zero-order chi connectivity index (χ0) is 20.0. The normalized spacial score (nSPS) is 19.8. The van der Waals surface area contributed by atoms with Crippen LogP contribution in [0.4, 0.5) is 0 Å². The van der Waals surface area contributed by atoms with E-state index in [2.05, 4.69) is 5.32 Å². The maximum Gasteiger partial charge on any atom is 0.267 e. The van der Waals surface area contributed by atoms with Gasteiger partial charge in [-0.25, -0.2) is 13.9 Å². The van der Waals surface area contributed by atoms with E-state index >= 15 is 0 Å². The number of hydrogen-bond acceptors (Lipinski definition) is 5. The molecule has 2 unspecified atom stereocenters. The molecule has 3 N–H and O–H groups in total. The first-order valence-electron chi connectivity index (χ1n) is 9.24. The van der Waals surface area contributed by atoms with Crippen LogP contribution in [-0.4, -0.2) is 31.3 Å². The Bertz CT molecular complexity index is 925. The first-order valence-corrected chi connectivity index (χ1v) is 10.9. The van der Waals surface area contributed by atoms with Crippen LogP contribution < -0.4 is 10.8 Å². The smallest absolute Gasteiger partial charge is 0.267 e. The van der Waals surface area contributed by atoms with Crippen LogP contribution in [0.15, 0.2) is 65.6 Å². The van der Waals surface area contributed by atoms with Crippen molar-refractivity contribution < 1.29 is 18.4 Å². The van der Waals surface area contributed by atoms with E-state index in [9.17, 15) is 13.2 Å². The molecule has 28 heavy (non-hydrogen) atoms. The van der Waals surface area contributed by atoms with Gasteiger partial charge in [0.15, 0.2) is 9.84 Å². The van der Waals surface area contributed by atoms with Crippen molar-refractivity contribution in [3.05, 3.63) is 71.8 Å². The van der Waals surface area contributed by atoms with E-state index in [0.29, 0.717) is 11.3 Å². The van der Waals surface area contributed by atoms with Gasteiger partial charge in [-0.2, -0.15) is 0 Å². The molecule has 1 heterocycles. The summed E-state index contributed by atoms with van der Waals surface area (Å²) >= 11 is 0. The van der Waals surface area contributed by atoms with Crippen molar-refractivity contribution in [1.82, 2.24) is 10.8 Å². The van der Waals surface area contributed by atoms with E-state index in [0.717, 1.165) is 24.0 Å². The van der Waals surface area contributed by atoms with Gasteiger partial charge in [-0.1, -0.05) is 42.5 Å². The third kappa shape index (κ3) is 5.28. The number of benzene rings is 2. The Morgan fingerprint density at radius 1 is 1.11 bits per heavy atom. The summed E-state index contributed by atoms with van der Waals surface area (Å²) in [5.41, 5.74) is 3.54. The Kier molecular flexibility index (Phi) is 6.61. The molecule has 7 heteroatoms. The lowest BCUT2D eigenvalue weighted by molar-refractivity contribution is -0.124. The molecule has 0 saturated carbocycles. The van der Waals surface area contributed by atoms with Crippen LogP contribution in [0.3, 0.4) is 0 Å². The summed E-state index contributed by atoms with van der Waals surface area (Å²) in [6, 6.07) is 16.8. The van der Waals surface area contributed by atoms with Crippen molar-refractivity contribution in [2.45, 2.75) is 36.2 Å². The molecule has 2 aromatic carbocycles. The summed E-state index contributed by atoms with van der Waals surface area (Å²) < 4.78 is 24.9. The highest BCUT2D eigenvalue weighted by molar-refractivity contribution is 7.91. The van der Waals surface area contributed by atoms with Crippen molar-refractivity contribution in [1.29, 1.82) is 0 Å². The number of sulfone groups is 1. The van der Waals surface area contributed by atoms with E-state index in [1.54, 1.807) is 35.8 Å². The van der Waals surface area contributed by atoms with Crippen LogP contribution in [0, 0.1) is 0 Å². The molecule has 1 aliphatic heterocycles. The second-order valence-electron chi connectivity index (χ2n) is 6.89. The van der Waals surface area contributed by atoms with Gasteiger partial charge < -0.3 is 5.32 Å². The minimum atomic E-state index is -3.25. The Labute approximate surface area is 165 Å². The molecule has 2 atom stereocenters. The largest absolute Gasteiger partial charge is 0.307 e. The van der Waals surface area contributed by atoms with Gasteiger partial charge in [-0.05, 0) is 48.6 Å². The molecule has 6 nitrogen and oxygen atoms in total. The first-order chi connectivity index (χ1) is 13.5. The number of amides is 1. The van der Waals surface area contributed by atoms with Crippen molar-refractivity contribution in [3.8, 4) is 0 Å². The number of rotatable bonds is 7. The molecular weight excluding hydrogens is 376 g/mol. The molecule has 0 aliphatic carbocycles. The van der Waals surface area contributed by atoms with Crippen LogP contribution in [0.2, 0.25) is 0 Å². The van der Waals surface area contributed by atoms with Gasteiger partial charge in [-0.15, -0.1) is 0 Å². The minimum Gasteiger partial charge on any atom is -0.307 e. The second-order valence-corrected chi connectivity index (χ2v) is 9.00. The van der Waals surface area contributed by atoms with E-state index < -0.39 is 15.7 Å². The van der Waals surface area contributed by atoms with Gasteiger partial charge >= 0.3 is 0 Å². The Balaban J connectivity index is 1.54. The number of hydrogen-bond donors (Lipinski definition) is 3. The molecule has 0 radical (unpaired) electrons. The van der Waals surface area contributed by atoms with Crippen LogP contribution >= 0.6 is 0 Å². The van der Waals surface area contributed by atoms with Crippen molar-refractivity contribution >= 4 is 21.8 Å². The quantitative estimate of drug-likeness (QED) is 0.377. The van der Waals surface area contributed by atoms with Crippen LogP contribution in [0.25, 0.3) is 6.08 Å². The molecule has 148 valence electrons. The highest BCUT2D eigenvalue weighted by atomic mass is 32.2. The lowest BCUT2D eigenvalue weighted by Crippen LogP contribution is -2.26. The molecular formula is C21H24N2O4S. The molecule has 1 saturated heterocycles. The number of nitrogens with one attached hydrogen (secondary N) is 2. The van der Waals surface area contributed by atoms with Gasteiger partial charge in [0, 0.05) is 18.2 Å². The highest BCUT2D eigenvalue weighted by Crippen LogP contribution is 2.28. The molecule has 1 fully saturated rings. The Hall–Kier alpha value is -2.48. The fraction of sp³-hybridized carbons (Fsp3) is 0.286. The monoisotopic (exact) mass is 400 g/mol. The fourth-order valence-electron chi connectivity index (χ4n) is 3.40. The van der Waals surface area contributed by atoms with Gasteiger partial charge in [0.05, 0.1) is 10.6 Å². The number of hydroxylamine groups is 1. The highest BCUT2D eigenvalue weighted by Gasteiger charge is 2.26. The topological polar surface area (TPSA) is 95.5 Å². The zero-order valence-corrected chi connectivity index (χ0v) is 16.2. The summed E-state index contributed by atoms with van der Waals surface area (Å²) in [6.07, 6.45) is 5.36. The summed E-state index contributed by atoms with van der Waals surface area (Å²) in [5.74, 6) is -0.437. The van der Waals surface area contributed by atoms with Crippen molar-refractivity contribution in [2.75, 3.05) is 5.75 Å². The van der Waals surface area contributed by atoms with Crippen LogP contribution in [0.5, 0.6) is 0 Å². The van der Waals surface area contributed by atoms with Gasteiger partial charge in [0.25, 0.3) is 5.91 Å². The summed E-state index contributed by atoms with van der Waals surface area (Å²) in [7, 11) is -3.25. The zero-order valence-electron chi connectivity index (χ0n) is 15.4. The minimum absolute atomic E-state index is 0.137.